The lowest BCUT2D eigenvalue weighted by Gasteiger charge is -2.14. The fourth-order valence-corrected chi connectivity index (χ4v) is 2.43. The van der Waals surface area contributed by atoms with E-state index in [0.29, 0.717) is 24.6 Å². The van der Waals surface area contributed by atoms with Crippen molar-refractivity contribution >= 4 is 29.9 Å². The molecule has 154 valence electrons. The summed E-state index contributed by atoms with van der Waals surface area (Å²) in [6.07, 6.45) is -4.75. The number of aliphatic hydroxyl groups excluding tert-OH is 1. The number of guanidine groups is 1. The van der Waals surface area contributed by atoms with Crippen molar-refractivity contribution in [3.63, 3.8) is 0 Å². The molecule has 5 nitrogen and oxygen atoms in total. The van der Waals surface area contributed by atoms with Gasteiger partial charge in [0.05, 0.1) is 13.2 Å². The van der Waals surface area contributed by atoms with Gasteiger partial charge in [-0.15, -0.1) is 37.1 Å². The van der Waals surface area contributed by atoms with Gasteiger partial charge < -0.3 is 20.5 Å². The number of nitrogens with zero attached hydrogens (tertiary/aromatic N) is 1. The standard InChI is InChI=1S/C19H22F3N3O2.HI/c1-2-23-18(24-11-14-7-3-4-9-16(14)13-26)25-12-15-8-5-6-10-17(15)27-19(20,21)22;/h3-10,26H,2,11-13H2,1H3,(H2,23,24,25);1H. The smallest absolute Gasteiger partial charge is 0.405 e. The van der Waals surface area contributed by atoms with E-state index in [-0.39, 0.29) is 42.9 Å². The van der Waals surface area contributed by atoms with Crippen LogP contribution in [0.4, 0.5) is 13.2 Å². The van der Waals surface area contributed by atoms with Gasteiger partial charge in [-0.2, -0.15) is 0 Å². The first-order valence-corrected chi connectivity index (χ1v) is 8.46. The highest BCUT2D eigenvalue weighted by Gasteiger charge is 2.31. The topological polar surface area (TPSA) is 65.9 Å². The van der Waals surface area contributed by atoms with Crippen LogP contribution >= 0.6 is 24.0 Å². The zero-order valence-corrected chi connectivity index (χ0v) is 17.6. The Balaban J connectivity index is 0.00000392. The van der Waals surface area contributed by atoms with Gasteiger partial charge in [0.25, 0.3) is 0 Å². The number of rotatable bonds is 7. The van der Waals surface area contributed by atoms with Crippen molar-refractivity contribution in [3.05, 3.63) is 65.2 Å². The van der Waals surface area contributed by atoms with Crippen molar-refractivity contribution in [3.8, 4) is 5.75 Å². The summed E-state index contributed by atoms with van der Waals surface area (Å²) in [7, 11) is 0. The van der Waals surface area contributed by atoms with Gasteiger partial charge in [-0.05, 0) is 24.1 Å². The number of halogens is 4. The first-order chi connectivity index (χ1) is 12.9. The Morgan fingerprint density at radius 2 is 1.61 bits per heavy atom. The molecule has 0 heterocycles. The molecule has 0 bridgehead atoms. The predicted molar refractivity (Wildman–Crippen MR) is 113 cm³/mol. The molecular formula is C19H23F3IN3O2. The summed E-state index contributed by atoms with van der Waals surface area (Å²) in [5.41, 5.74) is 2.03. The molecular weight excluding hydrogens is 486 g/mol. The third kappa shape index (κ3) is 7.93. The van der Waals surface area contributed by atoms with Crippen LogP contribution in [0.25, 0.3) is 0 Å². The van der Waals surface area contributed by atoms with Crippen LogP contribution in [0.1, 0.15) is 23.6 Å². The molecule has 2 rings (SSSR count). The van der Waals surface area contributed by atoms with E-state index in [9.17, 15) is 18.3 Å². The Labute approximate surface area is 179 Å². The van der Waals surface area contributed by atoms with E-state index in [1.807, 2.05) is 31.2 Å². The molecule has 3 N–H and O–H groups in total. The lowest BCUT2D eigenvalue weighted by molar-refractivity contribution is -0.274. The lowest BCUT2D eigenvalue weighted by atomic mass is 10.1. The zero-order chi connectivity index (χ0) is 19.7. The van der Waals surface area contributed by atoms with Crippen molar-refractivity contribution in [2.24, 2.45) is 4.99 Å². The van der Waals surface area contributed by atoms with E-state index < -0.39 is 6.36 Å². The van der Waals surface area contributed by atoms with Crippen molar-refractivity contribution in [2.45, 2.75) is 33.0 Å². The van der Waals surface area contributed by atoms with Gasteiger partial charge in [0.1, 0.15) is 5.75 Å². The third-order valence-corrected chi connectivity index (χ3v) is 3.69. The minimum absolute atomic E-state index is 0. The van der Waals surface area contributed by atoms with Gasteiger partial charge in [0.2, 0.25) is 0 Å². The molecule has 0 unspecified atom stereocenters. The molecule has 0 saturated heterocycles. The van der Waals surface area contributed by atoms with Crippen LogP contribution in [-0.4, -0.2) is 24.0 Å². The fraction of sp³-hybridized carbons (Fsp3) is 0.316. The number of hydrogen-bond acceptors (Lipinski definition) is 3. The Morgan fingerprint density at radius 3 is 2.21 bits per heavy atom. The maximum Gasteiger partial charge on any atom is 0.573 e. The van der Waals surface area contributed by atoms with Crippen LogP contribution in [0, 0.1) is 0 Å². The van der Waals surface area contributed by atoms with Crippen LogP contribution < -0.4 is 15.4 Å². The summed E-state index contributed by atoms with van der Waals surface area (Å²) in [6.45, 7) is 2.84. The Morgan fingerprint density at radius 1 is 1.00 bits per heavy atom. The molecule has 0 fully saturated rings. The second-order valence-corrected chi connectivity index (χ2v) is 5.63. The van der Waals surface area contributed by atoms with E-state index in [0.717, 1.165) is 11.1 Å². The first kappa shape index (κ1) is 24.0. The molecule has 0 atom stereocenters. The second-order valence-electron chi connectivity index (χ2n) is 5.63. The van der Waals surface area contributed by atoms with E-state index in [1.54, 1.807) is 6.07 Å². The van der Waals surface area contributed by atoms with Gasteiger partial charge >= 0.3 is 6.36 Å². The normalized spacial score (nSPS) is 11.5. The van der Waals surface area contributed by atoms with E-state index in [1.165, 1.54) is 18.2 Å². The SMILES string of the molecule is CCNC(=NCc1ccccc1OC(F)(F)F)NCc1ccccc1CO.I. The lowest BCUT2D eigenvalue weighted by Crippen LogP contribution is -2.37. The van der Waals surface area contributed by atoms with Crippen molar-refractivity contribution < 1.29 is 23.0 Å². The zero-order valence-electron chi connectivity index (χ0n) is 15.3. The number of para-hydroxylation sites is 1. The highest BCUT2D eigenvalue weighted by atomic mass is 127. The molecule has 0 aromatic heterocycles. The van der Waals surface area contributed by atoms with Gasteiger partial charge in [-0.1, -0.05) is 42.5 Å². The average molecular weight is 509 g/mol. The Kier molecular flexibility index (Phi) is 10.1. The van der Waals surface area contributed by atoms with Crippen LogP contribution in [0.3, 0.4) is 0 Å². The van der Waals surface area contributed by atoms with Crippen LogP contribution in [0.15, 0.2) is 53.5 Å². The van der Waals surface area contributed by atoms with Gasteiger partial charge in [0.15, 0.2) is 5.96 Å². The second kappa shape index (κ2) is 11.7. The van der Waals surface area contributed by atoms with E-state index in [4.69, 9.17) is 0 Å². The Hall–Kier alpha value is -2.01. The summed E-state index contributed by atoms with van der Waals surface area (Å²) < 4.78 is 41.6. The van der Waals surface area contributed by atoms with Crippen molar-refractivity contribution in [1.29, 1.82) is 0 Å². The molecule has 0 aliphatic rings. The molecule has 28 heavy (non-hydrogen) atoms. The maximum absolute atomic E-state index is 12.5. The maximum atomic E-state index is 12.5. The molecule has 0 radical (unpaired) electrons. The van der Waals surface area contributed by atoms with Gasteiger partial charge in [-0.25, -0.2) is 4.99 Å². The number of nitrogens with one attached hydrogen (secondary N) is 2. The molecule has 2 aromatic rings. The number of ether oxygens (including phenoxy) is 1. The summed E-state index contributed by atoms with van der Waals surface area (Å²) in [6, 6.07) is 13.3. The summed E-state index contributed by atoms with van der Waals surface area (Å²) in [5, 5.41) is 15.5. The van der Waals surface area contributed by atoms with Crippen molar-refractivity contribution in [2.75, 3.05) is 6.54 Å². The van der Waals surface area contributed by atoms with E-state index >= 15 is 0 Å². The van der Waals surface area contributed by atoms with Crippen molar-refractivity contribution in [1.82, 2.24) is 10.6 Å². The van der Waals surface area contributed by atoms with Crippen LogP contribution in [0.5, 0.6) is 5.75 Å². The molecule has 0 spiro atoms. The van der Waals surface area contributed by atoms with Crippen LogP contribution in [-0.2, 0) is 19.7 Å². The monoisotopic (exact) mass is 509 g/mol. The number of benzene rings is 2. The molecule has 9 heteroatoms. The van der Waals surface area contributed by atoms with Gasteiger partial charge in [-0.3, -0.25) is 0 Å². The fourth-order valence-electron chi connectivity index (χ4n) is 2.43. The summed E-state index contributed by atoms with van der Waals surface area (Å²) in [4.78, 5) is 4.33. The minimum Gasteiger partial charge on any atom is -0.405 e. The summed E-state index contributed by atoms with van der Waals surface area (Å²) in [5.74, 6) is 0.183. The highest BCUT2D eigenvalue weighted by molar-refractivity contribution is 14.0. The minimum atomic E-state index is -4.75. The third-order valence-electron chi connectivity index (χ3n) is 3.69. The number of aliphatic hydroxyl groups is 1. The predicted octanol–water partition coefficient (Wildman–Crippen LogP) is 3.95. The highest BCUT2D eigenvalue weighted by Crippen LogP contribution is 2.26. The number of hydrogen-bond donors (Lipinski definition) is 3. The number of aliphatic imine (C=N–C) groups is 1. The number of alkyl halides is 3. The van der Waals surface area contributed by atoms with E-state index in [2.05, 4.69) is 20.4 Å². The molecule has 0 aliphatic carbocycles. The quantitative estimate of drug-likeness (QED) is 0.301. The average Bonchev–Trinajstić information content (AvgIpc) is 2.64. The molecule has 0 amide bonds. The summed E-state index contributed by atoms with van der Waals surface area (Å²) >= 11 is 0. The Bertz CT molecular complexity index is 770. The molecule has 0 aliphatic heterocycles. The molecule has 2 aromatic carbocycles. The van der Waals surface area contributed by atoms with Crippen LogP contribution in [0.2, 0.25) is 0 Å². The molecule has 0 saturated carbocycles. The van der Waals surface area contributed by atoms with Gasteiger partial charge in [0, 0.05) is 18.7 Å². The largest absolute Gasteiger partial charge is 0.573 e. The first-order valence-electron chi connectivity index (χ1n) is 8.46.